The normalized spacial score (nSPS) is 50.4. The van der Waals surface area contributed by atoms with Crippen LogP contribution in [0.15, 0.2) is 0 Å². The maximum Gasteiger partial charge on any atom is 0.0728 e. The molecule has 0 aromatic heterocycles. The van der Waals surface area contributed by atoms with Gasteiger partial charge in [-0.3, -0.25) is 20.0 Å². The first-order valence-electron chi connectivity index (χ1n) is 22.1. The molecule has 13 atom stereocenters. The minimum absolute atomic E-state index is 0.577. The Morgan fingerprint density at radius 3 is 1.66 bits per heavy atom. The maximum absolute atomic E-state index is 4.10. The van der Waals surface area contributed by atoms with Crippen molar-refractivity contribution in [3.8, 4) is 0 Å². The van der Waals surface area contributed by atoms with Gasteiger partial charge in [0.1, 0.15) is 0 Å². The van der Waals surface area contributed by atoms with E-state index in [-0.39, 0.29) is 0 Å². The van der Waals surface area contributed by atoms with Crippen molar-refractivity contribution in [2.75, 3.05) is 19.6 Å². The van der Waals surface area contributed by atoms with E-state index in [0.29, 0.717) is 6.17 Å². The first-order chi connectivity index (χ1) is 23.3. The van der Waals surface area contributed by atoms with Crippen LogP contribution in [0.5, 0.6) is 0 Å². The van der Waals surface area contributed by atoms with Crippen LogP contribution in [0.4, 0.5) is 0 Å². The van der Waals surface area contributed by atoms with Gasteiger partial charge in [0.15, 0.2) is 0 Å². The molecular formula is C42H71N5. The highest BCUT2D eigenvalue weighted by Crippen LogP contribution is 2.59. The van der Waals surface area contributed by atoms with E-state index in [1.165, 1.54) is 148 Å². The van der Waals surface area contributed by atoms with Crippen LogP contribution in [-0.4, -0.2) is 88.8 Å². The first kappa shape index (κ1) is 31.5. The van der Waals surface area contributed by atoms with E-state index in [4.69, 9.17) is 0 Å². The third kappa shape index (κ3) is 5.55. The molecule has 47 heavy (non-hydrogen) atoms. The zero-order valence-electron chi connectivity index (χ0n) is 30.1. The maximum atomic E-state index is 4.10. The Kier molecular flexibility index (Phi) is 8.99. The fourth-order valence-corrected chi connectivity index (χ4v) is 15.7. The highest BCUT2D eigenvalue weighted by molar-refractivity contribution is 5.15. The van der Waals surface area contributed by atoms with Crippen LogP contribution in [0, 0.1) is 35.5 Å². The van der Waals surface area contributed by atoms with Crippen molar-refractivity contribution in [2.45, 2.75) is 209 Å². The molecule has 264 valence electrons. The van der Waals surface area contributed by atoms with Gasteiger partial charge in [0, 0.05) is 68.0 Å². The minimum Gasteiger partial charge on any atom is -0.310 e. The second-order valence-electron chi connectivity index (χ2n) is 19.3. The summed E-state index contributed by atoms with van der Waals surface area (Å²) in [6.45, 7) is 3.72. The van der Waals surface area contributed by atoms with Crippen molar-refractivity contribution in [2.24, 2.45) is 35.5 Å². The van der Waals surface area contributed by atoms with Crippen LogP contribution in [0.1, 0.15) is 154 Å². The minimum atomic E-state index is 0.577. The lowest BCUT2D eigenvalue weighted by molar-refractivity contribution is 0.00498. The molecule has 0 aromatic rings. The molecule has 0 amide bonds. The molecule has 10 aliphatic rings. The van der Waals surface area contributed by atoms with Gasteiger partial charge in [-0.1, -0.05) is 64.2 Å². The van der Waals surface area contributed by atoms with E-state index in [0.717, 1.165) is 83.8 Å². The van der Waals surface area contributed by atoms with Crippen molar-refractivity contribution in [1.29, 1.82) is 0 Å². The van der Waals surface area contributed by atoms with Crippen LogP contribution in [0.2, 0.25) is 0 Å². The summed E-state index contributed by atoms with van der Waals surface area (Å²) in [7, 11) is 0. The largest absolute Gasteiger partial charge is 0.310 e. The summed E-state index contributed by atoms with van der Waals surface area (Å²) in [6, 6.07) is 7.16. The van der Waals surface area contributed by atoms with Crippen LogP contribution in [0.25, 0.3) is 0 Å². The monoisotopic (exact) mass is 646 g/mol. The molecule has 10 fully saturated rings. The summed E-state index contributed by atoms with van der Waals surface area (Å²) in [6.07, 6.45) is 36.9. The van der Waals surface area contributed by atoms with Crippen LogP contribution < -0.4 is 10.6 Å². The molecule has 4 aliphatic heterocycles. The Hall–Kier alpha value is -0.200. The van der Waals surface area contributed by atoms with Crippen molar-refractivity contribution in [3.63, 3.8) is 0 Å². The van der Waals surface area contributed by atoms with Gasteiger partial charge in [-0.25, -0.2) is 0 Å². The molecule has 10 rings (SSSR count). The number of hydrogen-bond acceptors (Lipinski definition) is 5. The van der Waals surface area contributed by atoms with E-state index in [2.05, 4.69) is 25.3 Å². The zero-order chi connectivity index (χ0) is 30.9. The number of nitrogens with one attached hydrogen (secondary N) is 2. The Labute approximate surface area is 288 Å². The number of fused-ring (bicyclic) bond motifs is 7. The van der Waals surface area contributed by atoms with E-state index in [1.54, 1.807) is 25.7 Å². The molecule has 0 radical (unpaired) electrons. The van der Waals surface area contributed by atoms with Gasteiger partial charge in [-0.05, 0) is 125 Å². The summed E-state index contributed by atoms with van der Waals surface area (Å²) < 4.78 is 0. The van der Waals surface area contributed by atoms with Crippen molar-refractivity contribution in [3.05, 3.63) is 0 Å². The predicted octanol–water partition coefficient (Wildman–Crippen LogP) is 7.54. The van der Waals surface area contributed by atoms with Gasteiger partial charge in [-0.15, -0.1) is 0 Å². The Balaban J connectivity index is 0.837. The van der Waals surface area contributed by atoms with E-state index in [1.807, 2.05) is 0 Å². The van der Waals surface area contributed by atoms with Gasteiger partial charge < -0.3 is 5.32 Å². The number of piperazine rings is 1. The van der Waals surface area contributed by atoms with Crippen LogP contribution in [-0.2, 0) is 0 Å². The van der Waals surface area contributed by atoms with Crippen molar-refractivity contribution in [1.82, 2.24) is 25.3 Å². The highest BCUT2D eigenvalue weighted by atomic mass is 15.4. The summed E-state index contributed by atoms with van der Waals surface area (Å²) in [5.74, 6) is 5.96. The van der Waals surface area contributed by atoms with Gasteiger partial charge in [0.2, 0.25) is 0 Å². The smallest absolute Gasteiger partial charge is 0.0728 e. The molecule has 5 nitrogen and oxygen atoms in total. The SMILES string of the molecule is C1CCC(C2CNC(N3CCC4CC(N5C6CCCCC6C6CC7C(CC65)C5CCCCC5N7C5CCCCC5)CCC43)CN2)CC1. The number of rotatable bonds is 4. The summed E-state index contributed by atoms with van der Waals surface area (Å²) in [4.78, 5) is 9.63. The van der Waals surface area contributed by atoms with E-state index < -0.39 is 0 Å². The first-order valence-corrected chi connectivity index (χ1v) is 22.1. The van der Waals surface area contributed by atoms with Crippen LogP contribution in [0.3, 0.4) is 0 Å². The number of likely N-dealkylation sites (tertiary alicyclic amines) is 3. The van der Waals surface area contributed by atoms with E-state index >= 15 is 0 Å². The summed E-state index contributed by atoms with van der Waals surface area (Å²) >= 11 is 0. The molecule has 4 heterocycles. The van der Waals surface area contributed by atoms with Crippen molar-refractivity contribution >= 4 is 0 Å². The quantitative estimate of drug-likeness (QED) is 0.330. The third-order valence-corrected chi connectivity index (χ3v) is 17.5. The summed E-state index contributed by atoms with van der Waals surface area (Å²) in [5.41, 5.74) is 0. The second kappa shape index (κ2) is 13.4. The fourth-order valence-electron chi connectivity index (χ4n) is 15.7. The molecule has 0 spiro atoms. The molecular weight excluding hydrogens is 574 g/mol. The molecule has 0 aromatic carbocycles. The number of nitrogens with zero attached hydrogens (tertiary/aromatic N) is 3. The predicted molar refractivity (Wildman–Crippen MR) is 192 cm³/mol. The third-order valence-electron chi connectivity index (χ3n) is 17.5. The van der Waals surface area contributed by atoms with Gasteiger partial charge in [0.05, 0.1) is 6.17 Å². The van der Waals surface area contributed by atoms with Gasteiger partial charge >= 0.3 is 0 Å². The molecule has 5 heteroatoms. The molecule has 2 N–H and O–H groups in total. The average molecular weight is 646 g/mol. The molecule has 4 saturated heterocycles. The Morgan fingerprint density at radius 1 is 0.383 bits per heavy atom. The summed E-state index contributed by atoms with van der Waals surface area (Å²) in [5, 5.41) is 8.18. The highest BCUT2D eigenvalue weighted by Gasteiger charge is 2.61. The second-order valence-corrected chi connectivity index (χ2v) is 19.3. The average Bonchev–Trinajstić information content (AvgIpc) is 3.81. The van der Waals surface area contributed by atoms with Gasteiger partial charge in [0.25, 0.3) is 0 Å². The lowest BCUT2D eigenvalue weighted by Crippen LogP contribution is -2.64. The van der Waals surface area contributed by atoms with Crippen molar-refractivity contribution < 1.29 is 0 Å². The molecule has 6 aliphatic carbocycles. The number of hydrogen-bond donors (Lipinski definition) is 2. The fraction of sp³-hybridized carbons (Fsp3) is 1.00. The standard InChI is InChI=1S/C42H71N5/c1-3-11-28(12-4-1)36-26-44-42(27-43-36)45-22-21-29-23-31(19-20-37(29)45)47-39-18-10-8-16-33(39)35-24-40-34(25-41(35)47)32-15-7-9-17-38(32)46(40)30-13-5-2-6-14-30/h28-44H,1-27H2. The molecule has 6 saturated carbocycles. The zero-order valence-corrected chi connectivity index (χ0v) is 30.1. The molecule has 13 unspecified atom stereocenters. The molecule has 0 bridgehead atoms. The topological polar surface area (TPSA) is 33.8 Å². The van der Waals surface area contributed by atoms with Gasteiger partial charge in [-0.2, -0.15) is 0 Å². The Morgan fingerprint density at radius 2 is 1.00 bits per heavy atom. The van der Waals surface area contributed by atoms with Crippen LogP contribution >= 0.6 is 0 Å². The van der Waals surface area contributed by atoms with E-state index in [9.17, 15) is 0 Å². The lowest BCUT2D eigenvalue weighted by Gasteiger charge is -2.49. The lowest BCUT2D eigenvalue weighted by atomic mass is 9.66. The Bertz CT molecular complexity index is 1060.